The van der Waals surface area contributed by atoms with E-state index in [-0.39, 0.29) is 12.5 Å². The first-order valence-electron chi connectivity index (χ1n) is 12.8. The molecule has 39 heavy (non-hydrogen) atoms. The van der Waals surface area contributed by atoms with Gasteiger partial charge in [-0.1, -0.05) is 6.07 Å². The first-order valence-corrected chi connectivity index (χ1v) is 12.8. The minimum atomic E-state index is -4.23. The fraction of sp³-hybridized carbons (Fsp3) is 0.407. The standard InChI is InChI=1S/C27H30F3N7O2/c1-17-2-3-20(33-26(38)37-7-5-18(16-37)15-27(28,29)30)14-21(17)19-12-23(22-4-6-32-25(31)35-22)34-24(13-19)36-8-10-39-11-9-36/h2-4,6,12-14,18H,5,7-11,15-16H2,1H3,(H,33,38)(H2,31,32,35)/t18-/m0/s1. The second-order valence-corrected chi connectivity index (χ2v) is 9.88. The molecule has 9 nitrogen and oxygen atoms in total. The number of amides is 2. The van der Waals surface area contributed by atoms with Crippen molar-refractivity contribution in [3.8, 4) is 22.5 Å². The molecule has 3 aromatic rings. The van der Waals surface area contributed by atoms with Crippen molar-refractivity contribution in [2.75, 3.05) is 55.3 Å². The molecule has 12 heteroatoms. The van der Waals surface area contributed by atoms with Gasteiger partial charge in [-0.3, -0.25) is 0 Å². The van der Waals surface area contributed by atoms with Gasteiger partial charge in [-0.15, -0.1) is 0 Å². The van der Waals surface area contributed by atoms with Crippen molar-refractivity contribution in [2.45, 2.75) is 25.9 Å². The lowest BCUT2D eigenvalue weighted by molar-refractivity contribution is -0.143. The average molecular weight is 542 g/mol. The summed E-state index contributed by atoms with van der Waals surface area (Å²) in [6.45, 7) is 4.95. The molecule has 2 fully saturated rings. The number of benzene rings is 1. The van der Waals surface area contributed by atoms with Crippen LogP contribution in [-0.4, -0.2) is 71.5 Å². The molecule has 0 unspecified atom stereocenters. The van der Waals surface area contributed by atoms with Gasteiger partial charge in [-0.05, 0) is 66.3 Å². The predicted octanol–water partition coefficient (Wildman–Crippen LogP) is 4.74. The van der Waals surface area contributed by atoms with Crippen molar-refractivity contribution >= 4 is 23.5 Å². The fourth-order valence-corrected chi connectivity index (χ4v) is 5.00. The number of nitrogen functional groups attached to an aromatic ring is 1. The average Bonchev–Trinajstić information content (AvgIpc) is 3.37. The molecule has 1 atom stereocenters. The number of rotatable bonds is 5. The number of aryl methyl sites for hydroxylation is 1. The van der Waals surface area contributed by atoms with Crippen LogP contribution < -0.4 is 16.0 Å². The third-order valence-corrected chi connectivity index (χ3v) is 6.98. The smallest absolute Gasteiger partial charge is 0.378 e. The van der Waals surface area contributed by atoms with Crippen molar-refractivity contribution in [1.29, 1.82) is 0 Å². The number of carbonyl (C=O) groups excluding carboxylic acids is 1. The minimum absolute atomic E-state index is 0.0861. The van der Waals surface area contributed by atoms with Gasteiger partial charge in [0.1, 0.15) is 5.82 Å². The van der Waals surface area contributed by atoms with Crippen molar-refractivity contribution in [3.05, 3.63) is 48.2 Å². The maximum atomic E-state index is 12.9. The third kappa shape index (κ3) is 6.56. The SMILES string of the molecule is Cc1ccc(NC(=O)N2CC[C@@H](CC(F)(F)F)C2)cc1-c1cc(-c2ccnc(N)n2)nc(N2CCOCC2)c1. The van der Waals surface area contributed by atoms with Crippen LogP contribution in [0, 0.1) is 12.8 Å². The normalized spacial score (nSPS) is 17.9. The first-order chi connectivity index (χ1) is 18.6. The van der Waals surface area contributed by atoms with Crippen LogP contribution in [0.5, 0.6) is 0 Å². The number of carbonyl (C=O) groups is 1. The third-order valence-electron chi connectivity index (χ3n) is 6.98. The molecule has 2 aromatic heterocycles. The van der Waals surface area contributed by atoms with Crippen molar-refractivity contribution in [3.63, 3.8) is 0 Å². The number of nitrogens with zero attached hydrogens (tertiary/aromatic N) is 5. The van der Waals surface area contributed by atoms with E-state index in [1.807, 2.05) is 31.2 Å². The Balaban J connectivity index is 1.43. The molecule has 0 radical (unpaired) electrons. The van der Waals surface area contributed by atoms with E-state index in [4.69, 9.17) is 15.5 Å². The monoisotopic (exact) mass is 541 g/mol. The summed E-state index contributed by atoms with van der Waals surface area (Å²) in [5, 5.41) is 2.86. The molecule has 206 valence electrons. The molecule has 1 aromatic carbocycles. The lowest BCUT2D eigenvalue weighted by Gasteiger charge is -2.28. The van der Waals surface area contributed by atoms with Gasteiger partial charge in [0.25, 0.3) is 0 Å². The Morgan fingerprint density at radius 2 is 1.90 bits per heavy atom. The number of hydrogen-bond acceptors (Lipinski definition) is 7. The van der Waals surface area contributed by atoms with Crippen LogP contribution in [0.25, 0.3) is 22.5 Å². The topological polar surface area (TPSA) is 110 Å². The number of urea groups is 1. The second kappa shape index (κ2) is 11.0. The molecule has 0 bridgehead atoms. The van der Waals surface area contributed by atoms with Crippen LogP contribution in [0.4, 0.5) is 35.4 Å². The number of hydrogen-bond donors (Lipinski definition) is 2. The molecular formula is C27H30F3N7O2. The second-order valence-electron chi connectivity index (χ2n) is 9.88. The number of likely N-dealkylation sites (tertiary alicyclic amines) is 1. The van der Waals surface area contributed by atoms with E-state index >= 15 is 0 Å². The van der Waals surface area contributed by atoms with Gasteiger partial charge in [-0.2, -0.15) is 13.2 Å². The highest BCUT2D eigenvalue weighted by atomic mass is 19.4. The maximum Gasteiger partial charge on any atom is 0.389 e. The van der Waals surface area contributed by atoms with Crippen molar-refractivity contribution in [1.82, 2.24) is 19.9 Å². The summed E-state index contributed by atoms with van der Waals surface area (Å²) in [5.41, 5.74) is 10.3. The van der Waals surface area contributed by atoms with Gasteiger partial charge in [0.05, 0.1) is 24.6 Å². The highest BCUT2D eigenvalue weighted by Crippen LogP contribution is 2.34. The van der Waals surface area contributed by atoms with E-state index in [9.17, 15) is 18.0 Å². The summed E-state index contributed by atoms with van der Waals surface area (Å²) in [5.74, 6) is 0.339. The molecule has 0 saturated carbocycles. The summed E-state index contributed by atoms with van der Waals surface area (Å²) in [4.78, 5) is 29.6. The lowest BCUT2D eigenvalue weighted by atomic mass is 9.99. The molecule has 5 rings (SSSR count). The molecular weight excluding hydrogens is 511 g/mol. The molecule has 2 saturated heterocycles. The zero-order valence-electron chi connectivity index (χ0n) is 21.5. The van der Waals surface area contributed by atoms with Gasteiger partial charge >= 0.3 is 12.2 Å². The van der Waals surface area contributed by atoms with Crippen molar-refractivity contribution < 1.29 is 22.7 Å². The lowest BCUT2D eigenvalue weighted by Crippen LogP contribution is -2.36. The first kappa shape index (κ1) is 26.7. The van der Waals surface area contributed by atoms with Gasteiger partial charge in [-0.25, -0.2) is 19.7 Å². The Morgan fingerprint density at radius 3 is 2.64 bits per heavy atom. The Bertz CT molecular complexity index is 1350. The zero-order valence-corrected chi connectivity index (χ0v) is 21.5. The molecule has 2 amide bonds. The van der Waals surface area contributed by atoms with Crippen LogP contribution in [0.2, 0.25) is 0 Å². The summed E-state index contributed by atoms with van der Waals surface area (Å²) in [6, 6.07) is 10.8. The summed E-state index contributed by atoms with van der Waals surface area (Å²) < 4.78 is 43.9. The number of morpholine rings is 1. The molecule has 2 aliphatic rings. The molecule has 4 heterocycles. The number of nitrogens with one attached hydrogen (secondary N) is 1. The number of aromatic nitrogens is 3. The zero-order chi connectivity index (χ0) is 27.6. The van der Waals surface area contributed by atoms with Crippen LogP contribution in [-0.2, 0) is 4.74 Å². The summed E-state index contributed by atoms with van der Waals surface area (Å²) in [7, 11) is 0. The highest BCUT2D eigenvalue weighted by molar-refractivity contribution is 5.91. The van der Waals surface area contributed by atoms with Crippen LogP contribution in [0.1, 0.15) is 18.4 Å². The van der Waals surface area contributed by atoms with Gasteiger partial charge in [0, 0.05) is 44.5 Å². The Labute approximate surface area is 224 Å². The summed E-state index contributed by atoms with van der Waals surface area (Å²) >= 11 is 0. The number of ether oxygens (including phenoxy) is 1. The predicted molar refractivity (Wildman–Crippen MR) is 142 cm³/mol. The maximum absolute atomic E-state index is 12.9. The van der Waals surface area contributed by atoms with E-state index in [1.165, 1.54) is 4.90 Å². The number of pyridine rings is 1. The largest absolute Gasteiger partial charge is 0.389 e. The van der Waals surface area contributed by atoms with Crippen LogP contribution >= 0.6 is 0 Å². The number of nitrogens with two attached hydrogens (primary N) is 1. The number of alkyl halides is 3. The van der Waals surface area contributed by atoms with Crippen molar-refractivity contribution in [2.24, 2.45) is 5.92 Å². The summed E-state index contributed by atoms with van der Waals surface area (Å²) in [6.07, 6.45) is -3.19. The van der Waals surface area contributed by atoms with Gasteiger partial charge < -0.3 is 25.6 Å². The van der Waals surface area contributed by atoms with Crippen LogP contribution in [0.3, 0.4) is 0 Å². The Hall–Kier alpha value is -3.93. The number of anilines is 3. The van der Waals surface area contributed by atoms with E-state index in [2.05, 4.69) is 20.2 Å². The van der Waals surface area contributed by atoms with Gasteiger partial charge in [0.2, 0.25) is 5.95 Å². The van der Waals surface area contributed by atoms with E-state index < -0.39 is 24.5 Å². The minimum Gasteiger partial charge on any atom is -0.378 e. The molecule has 3 N–H and O–H groups in total. The van der Waals surface area contributed by atoms with E-state index in [0.29, 0.717) is 56.3 Å². The molecule has 0 spiro atoms. The van der Waals surface area contributed by atoms with E-state index in [0.717, 1.165) is 22.5 Å². The highest BCUT2D eigenvalue weighted by Gasteiger charge is 2.36. The molecule has 2 aliphatic heterocycles. The number of halogens is 3. The Morgan fingerprint density at radius 1 is 1.10 bits per heavy atom. The molecule has 0 aliphatic carbocycles. The fourth-order valence-electron chi connectivity index (χ4n) is 5.00. The van der Waals surface area contributed by atoms with E-state index in [1.54, 1.807) is 18.3 Å². The van der Waals surface area contributed by atoms with Gasteiger partial charge in [0.15, 0.2) is 0 Å². The Kier molecular flexibility index (Phi) is 7.56. The van der Waals surface area contributed by atoms with Crippen LogP contribution in [0.15, 0.2) is 42.6 Å². The quantitative estimate of drug-likeness (QED) is 0.480.